The van der Waals surface area contributed by atoms with Gasteiger partial charge in [-0.15, -0.1) is 0 Å². The summed E-state index contributed by atoms with van der Waals surface area (Å²) >= 11 is 3.28. The van der Waals surface area contributed by atoms with E-state index in [1.165, 1.54) is 9.21 Å². The van der Waals surface area contributed by atoms with Gasteiger partial charge in [-0.2, -0.15) is 4.31 Å². The van der Waals surface area contributed by atoms with Crippen LogP contribution in [-0.4, -0.2) is 63.3 Å². The number of hydrogen-bond donors (Lipinski definition) is 1. The molecule has 0 aromatic heterocycles. The van der Waals surface area contributed by atoms with E-state index < -0.39 is 16.1 Å². The van der Waals surface area contributed by atoms with Crippen molar-refractivity contribution in [2.75, 3.05) is 33.7 Å². The highest BCUT2D eigenvalue weighted by Gasteiger charge is 2.38. The van der Waals surface area contributed by atoms with Crippen molar-refractivity contribution >= 4 is 31.9 Å². The highest BCUT2D eigenvalue weighted by molar-refractivity contribution is 9.10. The van der Waals surface area contributed by atoms with Gasteiger partial charge in [0.05, 0.1) is 4.90 Å². The lowest BCUT2D eigenvalue weighted by molar-refractivity contribution is -0.133. The second-order valence-corrected chi connectivity index (χ2v) is 7.83. The normalized spacial score (nSPS) is 20.2. The molecule has 116 valence electrons. The van der Waals surface area contributed by atoms with Crippen molar-refractivity contribution in [2.45, 2.75) is 10.9 Å². The molecule has 0 saturated carbocycles. The van der Waals surface area contributed by atoms with Gasteiger partial charge in [0, 0.05) is 38.2 Å². The predicted octanol–water partition coefficient (Wildman–Crippen LogP) is 0.500. The molecule has 1 aromatic carbocycles. The summed E-state index contributed by atoms with van der Waals surface area (Å²) in [7, 11) is -0.445. The van der Waals surface area contributed by atoms with Crippen LogP contribution in [0.4, 0.5) is 0 Å². The Labute approximate surface area is 133 Å². The smallest absolute Gasteiger partial charge is 0.243 e. The Hall–Kier alpha value is -0.960. The fourth-order valence-electron chi connectivity index (χ4n) is 2.24. The number of piperazine rings is 1. The molecular formula is C13H18BrN3O3S. The Bertz CT molecular complexity index is 633. The van der Waals surface area contributed by atoms with Crippen LogP contribution in [-0.2, 0) is 14.8 Å². The van der Waals surface area contributed by atoms with Crippen LogP contribution in [0.3, 0.4) is 0 Å². The molecule has 1 fully saturated rings. The molecule has 8 heteroatoms. The van der Waals surface area contributed by atoms with E-state index in [1.807, 2.05) is 0 Å². The van der Waals surface area contributed by atoms with E-state index in [0.717, 1.165) is 0 Å². The largest absolute Gasteiger partial charge is 0.347 e. The van der Waals surface area contributed by atoms with Crippen molar-refractivity contribution in [2.24, 2.45) is 0 Å². The topological polar surface area (TPSA) is 69.7 Å². The molecule has 1 aliphatic heterocycles. The second-order valence-electron chi connectivity index (χ2n) is 5.03. The SMILES string of the molecule is CN(C)C(=O)C1CNCCN1S(=O)(=O)c1cccc(Br)c1. The summed E-state index contributed by atoms with van der Waals surface area (Å²) in [6, 6.07) is 5.81. The van der Waals surface area contributed by atoms with Crippen molar-refractivity contribution in [3.05, 3.63) is 28.7 Å². The first-order chi connectivity index (χ1) is 9.84. The monoisotopic (exact) mass is 375 g/mol. The third kappa shape index (κ3) is 3.45. The van der Waals surface area contributed by atoms with Crippen LogP contribution in [0.15, 0.2) is 33.6 Å². The van der Waals surface area contributed by atoms with E-state index >= 15 is 0 Å². The summed E-state index contributed by atoms with van der Waals surface area (Å²) < 4.78 is 27.5. The maximum Gasteiger partial charge on any atom is 0.243 e. The van der Waals surface area contributed by atoms with E-state index in [-0.39, 0.29) is 17.3 Å². The van der Waals surface area contributed by atoms with Crippen LogP contribution < -0.4 is 5.32 Å². The van der Waals surface area contributed by atoms with Gasteiger partial charge in [-0.1, -0.05) is 22.0 Å². The number of nitrogens with one attached hydrogen (secondary N) is 1. The Morgan fingerprint density at radius 3 is 2.76 bits per heavy atom. The molecule has 1 unspecified atom stereocenters. The van der Waals surface area contributed by atoms with Crippen molar-refractivity contribution in [1.82, 2.24) is 14.5 Å². The number of halogens is 1. The zero-order valence-corrected chi connectivity index (χ0v) is 14.3. The Morgan fingerprint density at radius 2 is 2.14 bits per heavy atom. The molecule has 21 heavy (non-hydrogen) atoms. The molecule has 1 amide bonds. The zero-order chi connectivity index (χ0) is 15.6. The highest BCUT2D eigenvalue weighted by atomic mass is 79.9. The number of rotatable bonds is 3. The Balaban J connectivity index is 2.38. The van der Waals surface area contributed by atoms with Crippen LogP contribution in [0.1, 0.15) is 0 Å². The summed E-state index contributed by atoms with van der Waals surface area (Å²) in [4.78, 5) is 13.8. The third-order valence-electron chi connectivity index (χ3n) is 3.32. The summed E-state index contributed by atoms with van der Waals surface area (Å²) in [5.74, 6) is -0.222. The first kappa shape index (κ1) is 16.4. The van der Waals surface area contributed by atoms with Crippen molar-refractivity contribution in [3.8, 4) is 0 Å². The van der Waals surface area contributed by atoms with Gasteiger partial charge in [-0.3, -0.25) is 4.79 Å². The number of nitrogens with zero attached hydrogens (tertiary/aromatic N) is 2. The maximum absolute atomic E-state index is 12.8. The zero-order valence-electron chi connectivity index (χ0n) is 11.9. The van der Waals surface area contributed by atoms with Crippen LogP contribution in [0, 0.1) is 0 Å². The van der Waals surface area contributed by atoms with Gasteiger partial charge in [0.2, 0.25) is 15.9 Å². The molecular weight excluding hydrogens is 358 g/mol. The Morgan fingerprint density at radius 1 is 1.43 bits per heavy atom. The molecule has 1 saturated heterocycles. The molecule has 1 atom stereocenters. The van der Waals surface area contributed by atoms with Crippen LogP contribution in [0.25, 0.3) is 0 Å². The number of sulfonamides is 1. The van der Waals surface area contributed by atoms with Crippen LogP contribution in [0.5, 0.6) is 0 Å². The van der Waals surface area contributed by atoms with Crippen LogP contribution in [0.2, 0.25) is 0 Å². The molecule has 1 aliphatic rings. The van der Waals surface area contributed by atoms with Gasteiger partial charge in [-0.25, -0.2) is 8.42 Å². The third-order valence-corrected chi connectivity index (χ3v) is 5.72. The summed E-state index contributed by atoms with van der Waals surface area (Å²) in [6.45, 7) is 1.13. The highest BCUT2D eigenvalue weighted by Crippen LogP contribution is 2.23. The van der Waals surface area contributed by atoms with E-state index in [2.05, 4.69) is 21.2 Å². The lowest BCUT2D eigenvalue weighted by Gasteiger charge is -2.35. The van der Waals surface area contributed by atoms with E-state index in [1.54, 1.807) is 38.4 Å². The molecule has 0 bridgehead atoms. The van der Waals surface area contributed by atoms with Gasteiger partial charge in [-0.05, 0) is 18.2 Å². The van der Waals surface area contributed by atoms with Gasteiger partial charge >= 0.3 is 0 Å². The quantitative estimate of drug-likeness (QED) is 0.834. The van der Waals surface area contributed by atoms with Crippen molar-refractivity contribution in [3.63, 3.8) is 0 Å². The number of hydrogen-bond acceptors (Lipinski definition) is 4. The summed E-state index contributed by atoms with van der Waals surface area (Å²) in [5, 5.41) is 3.07. The van der Waals surface area contributed by atoms with Gasteiger partial charge in [0.25, 0.3) is 0 Å². The van der Waals surface area contributed by atoms with Gasteiger partial charge in [0.15, 0.2) is 0 Å². The standard InChI is InChI=1S/C13H18BrN3O3S/c1-16(2)13(18)12-9-15-6-7-17(12)21(19,20)11-5-3-4-10(14)8-11/h3-5,8,12,15H,6-7,9H2,1-2H3. The number of amides is 1. The lowest BCUT2D eigenvalue weighted by Crippen LogP contribution is -2.59. The Kier molecular flexibility index (Phi) is 5.03. The fraction of sp³-hybridized carbons (Fsp3) is 0.462. The lowest BCUT2D eigenvalue weighted by atomic mass is 10.2. The predicted molar refractivity (Wildman–Crippen MR) is 83.4 cm³/mol. The fourth-order valence-corrected chi connectivity index (χ4v) is 4.42. The number of likely N-dealkylation sites (N-methyl/N-ethyl adjacent to an activating group) is 1. The molecule has 1 aromatic rings. The minimum atomic E-state index is -3.70. The minimum absolute atomic E-state index is 0.190. The number of benzene rings is 1. The van der Waals surface area contributed by atoms with Crippen LogP contribution >= 0.6 is 15.9 Å². The van der Waals surface area contributed by atoms with E-state index in [0.29, 0.717) is 17.6 Å². The molecule has 2 rings (SSSR count). The van der Waals surface area contributed by atoms with E-state index in [9.17, 15) is 13.2 Å². The number of carbonyl (C=O) groups excluding carboxylic acids is 1. The number of carbonyl (C=O) groups is 1. The molecule has 1 heterocycles. The average Bonchev–Trinajstić information content (AvgIpc) is 2.46. The van der Waals surface area contributed by atoms with Gasteiger partial charge < -0.3 is 10.2 Å². The van der Waals surface area contributed by atoms with Crippen molar-refractivity contribution in [1.29, 1.82) is 0 Å². The molecule has 0 radical (unpaired) electrons. The minimum Gasteiger partial charge on any atom is -0.347 e. The molecule has 1 N–H and O–H groups in total. The van der Waals surface area contributed by atoms with Crippen molar-refractivity contribution < 1.29 is 13.2 Å². The molecule has 6 nitrogen and oxygen atoms in total. The molecule has 0 aliphatic carbocycles. The van der Waals surface area contributed by atoms with Gasteiger partial charge in [0.1, 0.15) is 6.04 Å². The maximum atomic E-state index is 12.8. The van der Waals surface area contributed by atoms with E-state index in [4.69, 9.17) is 0 Å². The first-order valence-corrected chi connectivity index (χ1v) is 8.76. The average molecular weight is 376 g/mol. The molecule has 0 spiro atoms. The first-order valence-electron chi connectivity index (χ1n) is 6.53. The second kappa shape index (κ2) is 6.43. The summed E-state index contributed by atoms with van der Waals surface area (Å²) in [6.07, 6.45) is 0. The summed E-state index contributed by atoms with van der Waals surface area (Å²) in [5.41, 5.74) is 0.